The molecule has 1 aliphatic heterocycles. The molecular formula is C16H27N3O2S. The van der Waals surface area contributed by atoms with Gasteiger partial charge >= 0.3 is 0 Å². The summed E-state index contributed by atoms with van der Waals surface area (Å²) in [6.07, 6.45) is 2.33. The molecule has 2 rings (SSSR count). The zero-order chi connectivity index (χ0) is 16.0. The minimum Gasteiger partial charge on any atom is -0.298 e. The Kier molecular flexibility index (Phi) is 6.37. The van der Waals surface area contributed by atoms with Gasteiger partial charge in [0.25, 0.3) is 0 Å². The molecule has 1 saturated heterocycles. The Bertz CT molecular complexity index is 548. The summed E-state index contributed by atoms with van der Waals surface area (Å²) in [5.41, 5.74) is 1.35. The first-order valence-electron chi connectivity index (χ1n) is 7.89. The van der Waals surface area contributed by atoms with Gasteiger partial charge in [-0.15, -0.1) is 0 Å². The smallest absolute Gasteiger partial charge is 0.208 e. The molecule has 5 nitrogen and oxygen atoms in total. The zero-order valence-corrected chi connectivity index (χ0v) is 14.3. The molecule has 0 radical (unpaired) electrons. The Hall–Kier alpha value is -0.950. The fourth-order valence-electron chi connectivity index (χ4n) is 2.99. The van der Waals surface area contributed by atoms with Gasteiger partial charge in [0.15, 0.2) is 0 Å². The maximum Gasteiger partial charge on any atom is 0.208 e. The molecule has 1 aromatic carbocycles. The van der Waals surface area contributed by atoms with Crippen LogP contribution >= 0.6 is 0 Å². The summed E-state index contributed by atoms with van der Waals surface area (Å²) in [4.78, 5) is 4.87. The van der Waals surface area contributed by atoms with Crippen molar-refractivity contribution >= 4 is 10.0 Å². The van der Waals surface area contributed by atoms with Crippen molar-refractivity contribution < 1.29 is 8.42 Å². The van der Waals surface area contributed by atoms with Gasteiger partial charge in [0.2, 0.25) is 10.0 Å². The van der Waals surface area contributed by atoms with Gasteiger partial charge in [-0.1, -0.05) is 30.3 Å². The summed E-state index contributed by atoms with van der Waals surface area (Å²) in [6.45, 7) is 7.61. The Morgan fingerprint density at radius 3 is 2.64 bits per heavy atom. The lowest BCUT2D eigenvalue weighted by atomic mass is 10.2. The molecule has 1 aliphatic rings. The minimum atomic E-state index is -3.09. The maximum atomic E-state index is 11.1. The fourth-order valence-corrected chi connectivity index (χ4v) is 3.45. The monoisotopic (exact) mass is 325 g/mol. The van der Waals surface area contributed by atoms with E-state index in [4.69, 9.17) is 0 Å². The fraction of sp³-hybridized carbons (Fsp3) is 0.625. The van der Waals surface area contributed by atoms with Gasteiger partial charge < -0.3 is 0 Å². The lowest BCUT2D eigenvalue weighted by Crippen LogP contribution is -2.42. The van der Waals surface area contributed by atoms with E-state index >= 15 is 0 Å². The van der Waals surface area contributed by atoms with Gasteiger partial charge in [0.05, 0.1) is 6.26 Å². The quantitative estimate of drug-likeness (QED) is 0.852. The van der Waals surface area contributed by atoms with Crippen molar-refractivity contribution in [2.24, 2.45) is 0 Å². The highest BCUT2D eigenvalue weighted by Crippen LogP contribution is 2.12. The van der Waals surface area contributed by atoms with Crippen molar-refractivity contribution in [2.45, 2.75) is 25.9 Å². The summed E-state index contributed by atoms with van der Waals surface area (Å²) in [5, 5.41) is 0. The molecule has 1 heterocycles. The van der Waals surface area contributed by atoms with E-state index in [1.54, 1.807) is 0 Å². The van der Waals surface area contributed by atoms with Gasteiger partial charge in [-0.05, 0) is 32.0 Å². The van der Waals surface area contributed by atoms with Crippen molar-refractivity contribution in [3.63, 3.8) is 0 Å². The van der Waals surface area contributed by atoms with Crippen LogP contribution < -0.4 is 4.72 Å². The van der Waals surface area contributed by atoms with Crippen LogP contribution in [0.25, 0.3) is 0 Å². The largest absolute Gasteiger partial charge is 0.298 e. The van der Waals surface area contributed by atoms with Crippen LogP contribution in [0.5, 0.6) is 0 Å². The Labute approximate surface area is 134 Å². The van der Waals surface area contributed by atoms with E-state index in [9.17, 15) is 8.42 Å². The second-order valence-corrected chi connectivity index (χ2v) is 7.96. The third kappa shape index (κ3) is 6.04. The molecule has 1 N–H and O–H groups in total. The molecule has 0 unspecified atom stereocenters. The number of nitrogens with one attached hydrogen (secondary N) is 1. The SMILES string of the molecule is C[C@H]1CN(Cc2ccccc2)CCCN1CCNS(C)(=O)=O. The van der Waals surface area contributed by atoms with Crippen molar-refractivity contribution in [1.29, 1.82) is 0 Å². The van der Waals surface area contributed by atoms with E-state index < -0.39 is 10.0 Å². The molecule has 124 valence electrons. The van der Waals surface area contributed by atoms with Gasteiger partial charge in [-0.2, -0.15) is 0 Å². The van der Waals surface area contributed by atoms with Crippen LogP contribution in [0.15, 0.2) is 30.3 Å². The van der Waals surface area contributed by atoms with E-state index in [1.165, 1.54) is 11.8 Å². The molecular weight excluding hydrogens is 298 g/mol. The normalized spacial score (nSPS) is 21.6. The van der Waals surface area contributed by atoms with Crippen LogP contribution in [0.2, 0.25) is 0 Å². The second-order valence-electron chi connectivity index (χ2n) is 6.13. The maximum absolute atomic E-state index is 11.1. The Morgan fingerprint density at radius 2 is 1.95 bits per heavy atom. The van der Waals surface area contributed by atoms with Gasteiger partial charge in [-0.3, -0.25) is 9.80 Å². The number of sulfonamides is 1. The van der Waals surface area contributed by atoms with Crippen molar-refractivity contribution in [2.75, 3.05) is 39.0 Å². The third-order valence-corrected chi connectivity index (χ3v) is 4.81. The summed E-state index contributed by atoms with van der Waals surface area (Å²) in [5.74, 6) is 0. The van der Waals surface area contributed by atoms with Crippen LogP contribution in [0.3, 0.4) is 0 Å². The molecule has 1 fully saturated rings. The van der Waals surface area contributed by atoms with Crippen LogP contribution in [-0.2, 0) is 16.6 Å². The highest BCUT2D eigenvalue weighted by atomic mass is 32.2. The number of benzene rings is 1. The minimum absolute atomic E-state index is 0.438. The molecule has 0 amide bonds. The molecule has 1 atom stereocenters. The molecule has 0 spiro atoms. The van der Waals surface area contributed by atoms with Crippen LogP contribution in [0.4, 0.5) is 0 Å². The molecule has 1 aromatic rings. The molecule has 22 heavy (non-hydrogen) atoms. The number of hydrogen-bond acceptors (Lipinski definition) is 4. The first kappa shape index (κ1) is 17.4. The van der Waals surface area contributed by atoms with E-state index in [2.05, 4.69) is 45.7 Å². The van der Waals surface area contributed by atoms with E-state index in [0.717, 1.165) is 39.1 Å². The Balaban J connectivity index is 1.83. The van der Waals surface area contributed by atoms with Gasteiger partial charge in [-0.25, -0.2) is 13.1 Å². The molecule has 0 aliphatic carbocycles. The Morgan fingerprint density at radius 1 is 1.23 bits per heavy atom. The molecule has 0 aromatic heterocycles. The van der Waals surface area contributed by atoms with Crippen molar-refractivity contribution in [3.8, 4) is 0 Å². The van der Waals surface area contributed by atoms with Crippen molar-refractivity contribution in [3.05, 3.63) is 35.9 Å². The van der Waals surface area contributed by atoms with Crippen LogP contribution in [-0.4, -0.2) is 63.2 Å². The summed E-state index contributed by atoms with van der Waals surface area (Å²) in [6, 6.07) is 11.0. The summed E-state index contributed by atoms with van der Waals surface area (Å²) in [7, 11) is -3.09. The molecule has 6 heteroatoms. The number of rotatable bonds is 6. The van der Waals surface area contributed by atoms with Crippen molar-refractivity contribution in [1.82, 2.24) is 14.5 Å². The topological polar surface area (TPSA) is 52.6 Å². The average Bonchev–Trinajstić information content (AvgIpc) is 2.61. The lowest BCUT2D eigenvalue weighted by Gasteiger charge is -2.29. The standard InChI is InChI=1S/C16H27N3O2S/c1-15-13-18(14-16-7-4-3-5-8-16)10-6-11-19(15)12-9-17-22(2,20)21/h3-5,7-8,15,17H,6,9-14H2,1-2H3/t15-/m0/s1. The van der Waals surface area contributed by atoms with Gasteiger partial charge in [0.1, 0.15) is 0 Å². The average molecular weight is 325 g/mol. The number of hydrogen-bond donors (Lipinski definition) is 1. The highest BCUT2D eigenvalue weighted by molar-refractivity contribution is 7.88. The zero-order valence-electron chi connectivity index (χ0n) is 13.5. The third-order valence-electron chi connectivity index (χ3n) is 4.08. The highest BCUT2D eigenvalue weighted by Gasteiger charge is 2.21. The first-order valence-corrected chi connectivity index (χ1v) is 9.78. The molecule has 0 saturated carbocycles. The second kappa shape index (κ2) is 8.06. The van der Waals surface area contributed by atoms with Gasteiger partial charge in [0, 0.05) is 32.2 Å². The first-order chi connectivity index (χ1) is 10.4. The lowest BCUT2D eigenvalue weighted by molar-refractivity contribution is 0.190. The predicted molar refractivity (Wildman–Crippen MR) is 90.2 cm³/mol. The van der Waals surface area contributed by atoms with E-state index in [1.807, 2.05) is 6.07 Å². The van der Waals surface area contributed by atoms with E-state index in [-0.39, 0.29) is 0 Å². The summed E-state index contributed by atoms with van der Waals surface area (Å²) >= 11 is 0. The van der Waals surface area contributed by atoms with Crippen LogP contribution in [0, 0.1) is 0 Å². The molecule has 0 bridgehead atoms. The number of nitrogens with zero attached hydrogens (tertiary/aromatic N) is 2. The summed E-state index contributed by atoms with van der Waals surface area (Å²) < 4.78 is 24.9. The predicted octanol–water partition coefficient (Wildman–Crippen LogP) is 1.13. The van der Waals surface area contributed by atoms with Crippen LogP contribution in [0.1, 0.15) is 18.9 Å². The van der Waals surface area contributed by atoms with E-state index in [0.29, 0.717) is 12.6 Å².